The van der Waals surface area contributed by atoms with Crippen molar-refractivity contribution in [2.45, 2.75) is 13.0 Å². The molecule has 1 unspecified atom stereocenters. The lowest BCUT2D eigenvalue weighted by Gasteiger charge is -2.05. The summed E-state index contributed by atoms with van der Waals surface area (Å²) in [6.07, 6.45) is 0. The number of thiophene rings is 1. The lowest BCUT2D eigenvalue weighted by atomic mass is 10.2. The molecule has 2 heteroatoms. The molecule has 0 amide bonds. The van der Waals surface area contributed by atoms with E-state index in [-0.39, 0.29) is 0 Å². The molecular formula is C7H11NS. The molecule has 1 N–H and O–H groups in total. The van der Waals surface area contributed by atoms with Gasteiger partial charge in [-0.3, -0.25) is 0 Å². The molecule has 1 rings (SSSR count). The van der Waals surface area contributed by atoms with Gasteiger partial charge >= 0.3 is 0 Å². The van der Waals surface area contributed by atoms with Gasteiger partial charge in [0.2, 0.25) is 0 Å². The fourth-order valence-electron chi connectivity index (χ4n) is 0.688. The Morgan fingerprint density at radius 3 is 2.89 bits per heavy atom. The summed E-state index contributed by atoms with van der Waals surface area (Å²) in [6.45, 7) is 2.15. The van der Waals surface area contributed by atoms with Gasteiger partial charge in [0.25, 0.3) is 0 Å². The second kappa shape index (κ2) is 2.99. The van der Waals surface area contributed by atoms with Crippen molar-refractivity contribution in [3.63, 3.8) is 0 Å². The standard InChI is InChI=1S/C7H11NS/c1-6(8-2)7-3-4-9-5-7/h3-6,8H,1-2H3. The van der Waals surface area contributed by atoms with Crippen molar-refractivity contribution in [2.75, 3.05) is 7.05 Å². The van der Waals surface area contributed by atoms with Gasteiger partial charge in [-0.2, -0.15) is 11.3 Å². The third-order valence-corrected chi connectivity index (χ3v) is 2.18. The zero-order valence-electron chi connectivity index (χ0n) is 5.72. The Morgan fingerprint density at radius 1 is 1.67 bits per heavy atom. The maximum Gasteiger partial charge on any atom is 0.0297 e. The van der Waals surface area contributed by atoms with Crippen molar-refractivity contribution in [2.24, 2.45) is 0 Å². The van der Waals surface area contributed by atoms with E-state index in [1.165, 1.54) is 5.56 Å². The van der Waals surface area contributed by atoms with Gasteiger partial charge in [-0.1, -0.05) is 0 Å². The Morgan fingerprint density at radius 2 is 2.44 bits per heavy atom. The molecule has 0 aliphatic carbocycles. The molecule has 1 aromatic rings. The van der Waals surface area contributed by atoms with Crippen LogP contribution in [0.4, 0.5) is 0 Å². The minimum atomic E-state index is 0.497. The first-order chi connectivity index (χ1) is 4.34. The highest BCUT2D eigenvalue weighted by atomic mass is 32.1. The zero-order valence-corrected chi connectivity index (χ0v) is 6.53. The molecule has 1 atom stereocenters. The second-order valence-corrected chi connectivity index (χ2v) is 2.85. The van der Waals surface area contributed by atoms with Crippen molar-refractivity contribution in [3.8, 4) is 0 Å². The van der Waals surface area contributed by atoms with E-state index in [2.05, 4.69) is 29.1 Å². The van der Waals surface area contributed by atoms with Crippen LogP contribution in [0.3, 0.4) is 0 Å². The first-order valence-corrected chi connectivity index (χ1v) is 3.98. The van der Waals surface area contributed by atoms with Crippen LogP contribution in [-0.4, -0.2) is 7.05 Å². The van der Waals surface area contributed by atoms with E-state index in [9.17, 15) is 0 Å². The topological polar surface area (TPSA) is 12.0 Å². The van der Waals surface area contributed by atoms with E-state index in [4.69, 9.17) is 0 Å². The Bertz CT molecular complexity index is 157. The van der Waals surface area contributed by atoms with Crippen LogP contribution in [0.1, 0.15) is 18.5 Å². The third kappa shape index (κ3) is 1.53. The molecule has 50 valence electrons. The maximum atomic E-state index is 3.17. The van der Waals surface area contributed by atoms with Crippen LogP contribution >= 0.6 is 11.3 Å². The van der Waals surface area contributed by atoms with Gasteiger partial charge < -0.3 is 5.32 Å². The van der Waals surface area contributed by atoms with E-state index in [1.807, 2.05) is 7.05 Å². The van der Waals surface area contributed by atoms with Gasteiger partial charge in [0.1, 0.15) is 0 Å². The summed E-state index contributed by atoms with van der Waals surface area (Å²) in [4.78, 5) is 0. The van der Waals surface area contributed by atoms with Gasteiger partial charge in [0.05, 0.1) is 0 Å². The number of nitrogens with one attached hydrogen (secondary N) is 1. The zero-order chi connectivity index (χ0) is 6.69. The van der Waals surface area contributed by atoms with E-state index >= 15 is 0 Å². The normalized spacial score (nSPS) is 13.6. The van der Waals surface area contributed by atoms with Crippen LogP contribution in [0, 0.1) is 0 Å². The summed E-state index contributed by atoms with van der Waals surface area (Å²) in [5.41, 5.74) is 1.38. The lowest BCUT2D eigenvalue weighted by molar-refractivity contribution is 0.655. The Kier molecular flexibility index (Phi) is 2.25. The average molecular weight is 141 g/mol. The summed E-state index contributed by atoms with van der Waals surface area (Å²) >= 11 is 1.74. The molecule has 0 saturated carbocycles. The molecule has 0 aliphatic rings. The molecule has 1 heterocycles. The summed E-state index contributed by atoms with van der Waals surface area (Å²) < 4.78 is 0. The van der Waals surface area contributed by atoms with Crippen LogP contribution < -0.4 is 5.32 Å². The largest absolute Gasteiger partial charge is 0.313 e. The first kappa shape index (κ1) is 6.78. The third-order valence-electron chi connectivity index (χ3n) is 1.48. The highest BCUT2D eigenvalue weighted by molar-refractivity contribution is 7.07. The van der Waals surface area contributed by atoms with Crippen LogP contribution in [0.5, 0.6) is 0 Å². The van der Waals surface area contributed by atoms with Crippen LogP contribution in [0.25, 0.3) is 0 Å². The molecule has 0 aliphatic heterocycles. The second-order valence-electron chi connectivity index (χ2n) is 2.07. The summed E-state index contributed by atoms with van der Waals surface area (Å²) in [5.74, 6) is 0. The van der Waals surface area contributed by atoms with Crippen molar-refractivity contribution in [1.82, 2.24) is 5.32 Å². The minimum Gasteiger partial charge on any atom is -0.313 e. The molecule has 0 saturated heterocycles. The molecule has 0 aromatic carbocycles. The molecule has 0 spiro atoms. The molecular weight excluding hydrogens is 130 g/mol. The first-order valence-electron chi connectivity index (χ1n) is 3.04. The number of hydrogen-bond donors (Lipinski definition) is 1. The van der Waals surface area contributed by atoms with Gasteiger partial charge in [-0.15, -0.1) is 0 Å². The minimum absolute atomic E-state index is 0.497. The molecule has 1 aromatic heterocycles. The average Bonchev–Trinajstić information content (AvgIpc) is 2.37. The van der Waals surface area contributed by atoms with E-state index in [0.29, 0.717) is 6.04 Å². The summed E-state index contributed by atoms with van der Waals surface area (Å²) in [7, 11) is 1.97. The van der Waals surface area contributed by atoms with Gasteiger partial charge in [-0.25, -0.2) is 0 Å². The lowest BCUT2D eigenvalue weighted by Crippen LogP contribution is -2.10. The SMILES string of the molecule is CNC(C)c1ccsc1. The van der Waals surface area contributed by atoms with E-state index in [0.717, 1.165) is 0 Å². The van der Waals surface area contributed by atoms with Crippen LogP contribution in [0.15, 0.2) is 16.8 Å². The highest BCUT2D eigenvalue weighted by Gasteiger charge is 1.99. The molecule has 0 fully saturated rings. The predicted molar refractivity (Wildman–Crippen MR) is 41.8 cm³/mol. The van der Waals surface area contributed by atoms with Gasteiger partial charge in [-0.05, 0) is 36.4 Å². The fourth-order valence-corrected chi connectivity index (χ4v) is 1.44. The van der Waals surface area contributed by atoms with Crippen molar-refractivity contribution in [3.05, 3.63) is 22.4 Å². The quantitative estimate of drug-likeness (QED) is 0.664. The van der Waals surface area contributed by atoms with Crippen molar-refractivity contribution < 1.29 is 0 Å². The van der Waals surface area contributed by atoms with E-state index in [1.54, 1.807) is 11.3 Å². The smallest absolute Gasteiger partial charge is 0.0297 e. The number of rotatable bonds is 2. The summed E-state index contributed by atoms with van der Waals surface area (Å²) in [5, 5.41) is 7.44. The van der Waals surface area contributed by atoms with Crippen molar-refractivity contribution in [1.29, 1.82) is 0 Å². The van der Waals surface area contributed by atoms with Crippen LogP contribution in [0.2, 0.25) is 0 Å². The summed E-state index contributed by atoms with van der Waals surface area (Å²) in [6, 6.07) is 2.64. The van der Waals surface area contributed by atoms with Gasteiger partial charge in [0, 0.05) is 6.04 Å². The monoisotopic (exact) mass is 141 g/mol. The Hall–Kier alpha value is -0.340. The van der Waals surface area contributed by atoms with Crippen molar-refractivity contribution >= 4 is 11.3 Å². The predicted octanol–water partition coefficient (Wildman–Crippen LogP) is 2.03. The molecule has 0 radical (unpaired) electrons. The molecule has 0 bridgehead atoms. The fraction of sp³-hybridized carbons (Fsp3) is 0.429. The Balaban J connectivity index is 2.65. The Labute approximate surface area is 59.7 Å². The van der Waals surface area contributed by atoms with Gasteiger partial charge in [0.15, 0.2) is 0 Å². The number of hydrogen-bond acceptors (Lipinski definition) is 2. The molecule has 1 nitrogen and oxygen atoms in total. The highest BCUT2D eigenvalue weighted by Crippen LogP contribution is 2.14. The van der Waals surface area contributed by atoms with E-state index < -0.39 is 0 Å². The molecule has 9 heavy (non-hydrogen) atoms. The maximum absolute atomic E-state index is 3.17. The van der Waals surface area contributed by atoms with Crippen LogP contribution in [-0.2, 0) is 0 Å².